The van der Waals surface area contributed by atoms with Crippen molar-refractivity contribution in [2.75, 3.05) is 6.61 Å². The fraction of sp³-hybridized carbons (Fsp3) is 0.308. The van der Waals surface area contributed by atoms with Crippen molar-refractivity contribution < 1.29 is 27.5 Å². The molecule has 1 rings (SSSR count). The lowest BCUT2D eigenvalue weighted by molar-refractivity contribution is -0.142. The van der Waals surface area contributed by atoms with Crippen LogP contribution in [0.5, 0.6) is 0 Å². The lowest BCUT2D eigenvalue weighted by atomic mass is 10.0. The summed E-state index contributed by atoms with van der Waals surface area (Å²) in [6, 6.07) is 3.94. The molecule has 0 aliphatic carbocycles. The highest BCUT2D eigenvalue weighted by atomic mass is 32.2. The molecule has 0 aliphatic rings. The average Bonchev–Trinajstić information content (AvgIpc) is 2.39. The molecule has 0 fully saturated rings. The Morgan fingerprint density at radius 2 is 2.14 bits per heavy atom. The first-order valence-corrected chi connectivity index (χ1v) is 6.56. The van der Waals surface area contributed by atoms with E-state index in [-0.39, 0.29) is 34.5 Å². The Kier molecular flexibility index (Phi) is 5.79. The van der Waals surface area contributed by atoms with Crippen molar-refractivity contribution in [1.29, 1.82) is 5.26 Å². The number of aldehydes is 1. The first kappa shape index (κ1) is 17.0. The van der Waals surface area contributed by atoms with Crippen molar-refractivity contribution in [2.24, 2.45) is 0 Å². The Balaban J connectivity index is 3.32. The van der Waals surface area contributed by atoms with Crippen molar-refractivity contribution in [3.63, 3.8) is 0 Å². The third-order valence-electron chi connectivity index (χ3n) is 2.31. The summed E-state index contributed by atoms with van der Waals surface area (Å²) in [6.45, 7) is 1.64. The molecule has 0 aromatic heterocycles. The van der Waals surface area contributed by atoms with Gasteiger partial charge in [0.1, 0.15) is 0 Å². The molecule has 0 unspecified atom stereocenters. The maximum atomic E-state index is 12.6. The standard InChI is InChI=1S/C13H10F3NO3S/c1-2-20-11(19)5-9-3-8(6-17)4-10(7-18)12(9)21-13(14,15)16/h3-4,7H,2,5H2,1H3. The van der Waals surface area contributed by atoms with E-state index in [1.165, 1.54) is 0 Å². The summed E-state index contributed by atoms with van der Waals surface area (Å²) in [5, 5.41) is 8.83. The third kappa shape index (κ3) is 5.11. The molecular formula is C13H10F3NO3S. The number of nitriles is 1. The van der Waals surface area contributed by atoms with Crippen LogP contribution in [0.1, 0.15) is 28.4 Å². The summed E-state index contributed by atoms with van der Waals surface area (Å²) in [4.78, 5) is 22.0. The highest BCUT2D eigenvalue weighted by molar-refractivity contribution is 8.00. The predicted octanol–water partition coefficient (Wildman–Crippen LogP) is 3.09. The molecule has 0 bridgehead atoms. The largest absolute Gasteiger partial charge is 0.466 e. The lowest BCUT2D eigenvalue weighted by Crippen LogP contribution is -2.11. The highest BCUT2D eigenvalue weighted by Gasteiger charge is 2.32. The molecule has 0 saturated carbocycles. The highest BCUT2D eigenvalue weighted by Crippen LogP contribution is 2.40. The van der Waals surface area contributed by atoms with Crippen LogP contribution in [0.25, 0.3) is 0 Å². The summed E-state index contributed by atoms with van der Waals surface area (Å²) in [6.07, 6.45) is -0.216. The minimum Gasteiger partial charge on any atom is -0.466 e. The van der Waals surface area contributed by atoms with E-state index < -0.39 is 29.7 Å². The van der Waals surface area contributed by atoms with E-state index in [9.17, 15) is 22.8 Å². The minimum absolute atomic E-state index is 0.00271. The zero-order valence-electron chi connectivity index (χ0n) is 10.9. The molecule has 21 heavy (non-hydrogen) atoms. The van der Waals surface area contributed by atoms with Crippen LogP contribution >= 0.6 is 11.8 Å². The van der Waals surface area contributed by atoms with Crippen molar-refractivity contribution >= 4 is 24.0 Å². The van der Waals surface area contributed by atoms with E-state index in [1.54, 1.807) is 13.0 Å². The van der Waals surface area contributed by atoms with Gasteiger partial charge in [-0.1, -0.05) is 0 Å². The number of thioether (sulfide) groups is 1. The molecule has 0 heterocycles. The molecule has 0 N–H and O–H groups in total. The number of nitrogens with zero attached hydrogens (tertiary/aromatic N) is 1. The molecule has 4 nitrogen and oxygen atoms in total. The predicted molar refractivity (Wildman–Crippen MR) is 68.8 cm³/mol. The summed E-state index contributed by atoms with van der Waals surface area (Å²) in [5.74, 6) is -0.728. The van der Waals surface area contributed by atoms with Crippen LogP contribution in [0.2, 0.25) is 0 Å². The second-order valence-electron chi connectivity index (χ2n) is 3.81. The number of rotatable bonds is 5. The van der Waals surface area contributed by atoms with E-state index >= 15 is 0 Å². The molecular weight excluding hydrogens is 307 g/mol. The van der Waals surface area contributed by atoms with Gasteiger partial charge in [-0.3, -0.25) is 9.59 Å². The molecule has 1 aromatic rings. The van der Waals surface area contributed by atoms with Gasteiger partial charge < -0.3 is 4.74 Å². The number of esters is 1. The second-order valence-corrected chi connectivity index (χ2v) is 4.89. The van der Waals surface area contributed by atoms with Crippen molar-refractivity contribution in [2.45, 2.75) is 23.7 Å². The van der Waals surface area contributed by atoms with Gasteiger partial charge >= 0.3 is 11.5 Å². The Morgan fingerprint density at radius 3 is 2.62 bits per heavy atom. The van der Waals surface area contributed by atoms with Crippen LogP contribution in [0, 0.1) is 11.3 Å². The number of hydrogen-bond acceptors (Lipinski definition) is 5. The van der Waals surface area contributed by atoms with Crippen LogP contribution in [-0.4, -0.2) is 24.4 Å². The maximum Gasteiger partial charge on any atom is 0.446 e. The molecule has 0 radical (unpaired) electrons. The number of carbonyl (C=O) groups is 2. The van der Waals surface area contributed by atoms with Gasteiger partial charge in [0.15, 0.2) is 6.29 Å². The van der Waals surface area contributed by atoms with E-state index in [0.717, 1.165) is 12.1 Å². The Hall–Kier alpha value is -2.01. The monoisotopic (exact) mass is 317 g/mol. The normalized spacial score (nSPS) is 10.8. The zero-order chi connectivity index (χ0) is 16.0. The smallest absolute Gasteiger partial charge is 0.446 e. The number of benzene rings is 1. The maximum absolute atomic E-state index is 12.6. The summed E-state index contributed by atoms with van der Waals surface area (Å²) >= 11 is -0.491. The quantitative estimate of drug-likeness (QED) is 0.474. The summed E-state index contributed by atoms with van der Waals surface area (Å²) in [7, 11) is 0. The van der Waals surface area contributed by atoms with Gasteiger partial charge in [0, 0.05) is 10.5 Å². The SMILES string of the molecule is CCOC(=O)Cc1cc(C#N)cc(C=O)c1SC(F)(F)F. The Labute approximate surface area is 122 Å². The van der Waals surface area contributed by atoms with E-state index in [2.05, 4.69) is 4.74 Å². The van der Waals surface area contributed by atoms with Gasteiger partial charge in [0.25, 0.3) is 0 Å². The number of alkyl halides is 3. The Bertz CT molecular complexity index is 594. The topological polar surface area (TPSA) is 67.2 Å². The van der Waals surface area contributed by atoms with Crippen LogP contribution in [0.3, 0.4) is 0 Å². The molecule has 8 heteroatoms. The first-order chi connectivity index (χ1) is 9.80. The number of halogens is 3. The van der Waals surface area contributed by atoms with Crippen LogP contribution < -0.4 is 0 Å². The second kappa shape index (κ2) is 7.13. The first-order valence-electron chi connectivity index (χ1n) is 5.74. The van der Waals surface area contributed by atoms with Crippen molar-refractivity contribution in [1.82, 2.24) is 0 Å². The van der Waals surface area contributed by atoms with Gasteiger partial charge in [-0.25, -0.2) is 0 Å². The van der Waals surface area contributed by atoms with Gasteiger partial charge in [-0.15, -0.1) is 0 Å². The molecule has 0 atom stereocenters. The number of ether oxygens (including phenoxy) is 1. The third-order valence-corrected chi connectivity index (χ3v) is 3.24. The molecule has 1 aromatic carbocycles. The van der Waals surface area contributed by atoms with Gasteiger partial charge in [-0.2, -0.15) is 18.4 Å². The lowest BCUT2D eigenvalue weighted by Gasteiger charge is -2.13. The average molecular weight is 317 g/mol. The van der Waals surface area contributed by atoms with Crippen LogP contribution in [0.15, 0.2) is 17.0 Å². The van der Waals surface area contributed by atoms with Gasteiger partial charge in [0.05, 0.1) is 24.7 Å². The van der Waals surface area contributed by atoms with Gasteiger partial charge in [0.2, 0.25) is 0 Å². The molecule has 0 saturated heterocycles. The summed E-state index contributed by atoms with van der Waals surface area (Å²) < 4.78 is 42.4. The fourth-order valence-electron chi connectivity index (χ4n) is 1.60. The van der Waals surface area contributed by atoms with Crippen molar-refractivity contribution in [3.05, 3.63) is 28.8 Å². The zero-order valence-corrected chi connectivity index (χ0v) is 11.7. The van der Waals surface area contributed by atoms with Crippen LogP contribution in [-0.2, 0) is 16.0 Å². The van der Waals surface area contributed by atoms with Gasteiger partial charge in [-0.05, 0) is 36.4 Å². The summed E-state index contributed by atoms with van der Waals surface area (Å²) in [5.41, 5.74) is -4.95. The molecule has 0 aliphatic heterocycles. The van der Waals surface area contributed by atoms with E-state index in [1.807, 2.05) is 0 Å². The van der Waals surface area contributed by atoms with E-state index in [4.69, 9.17) is 5.26 Å². The van der Waals surface area contributed by atoms with Crippen LogP contribution in [0.4, 0.5) is 13.2 Å². The number of hydrogen-bond donors (Lipinski definition) is 0. The molecule has 112 valence electrons. The fourth-order valence-corrected chi connectivity index (χ4v) is 2.32. The minimum atomic E-state index is -4.62. The number of carbonyl (C=O) groups excluding carboxylic acids is 2. The molecule has 0 amide bonds. The molecule has 0 spiro atoms. The van der Waals surface area contributed by atoms with Crippen molar-refractivity contribution in [3.8, 4) is 6.07 Å². The van der Waals surface area contributed by atoms with E-state index in [0.29, 0.717) is 0 Å². The Morgan fingerprint density at radius 1 is 1.48 bits per heavy atom.